The van der Waals surface area contributed by atoms with Gasteiger partial charge in [-0.05, 0) is 22.0 Å². The molecular formula is C7H6BrClF2N2. The number of rotatable bonds is 2. The Bertz CT molecular complexity index is 320. The fourth-order valence-electron chi connectivity index (χ4n) is 0.906. The lowest BCUT2D eigenvalue weighted by Gasteiger charge is -2.08. The van der Waals surface area contributed by atoms with Crippen LogP contribution in [0.4, 0.5) is 14.6 Å². The highest BCUT2D eigenvalue weighted by Gasteiger charge is 2.16. The van der Waals surface area contributed by atoms with Gasteiger partial charge in [-0.3, -0.25) is 0 Å². The number of hydrogen-bond donors (Lipinski definition) is 1. The number of nitrogens with two attached hydrogens (primary N) is 1. The first-order valence-electron chi connectivity index (χ1n) is 3.35. The van der Waals surface area contributed by atoms with Gasteiger partial charge in [0.15, 0.2) is 0 Å². The van der Waals surface area contributed by atoms with Gasteiger partial charge in [0.25, 0.3) is 6.43 Å². The molecule has 1 heterocycles. The summed E-state index contributed by atoms with van der Waals surface area (Å²) in [6, 6.07) is 1.13. The SMILES string of the molecule is Nc1cc(C(F)F)c(CCl)c(Br)n1. The average Bonchev–Trinajstić information content (AvgIpc) is 2.02. The number of halogens is 4. The van der Waals surface area contributed by atoms with E-state index in [0.717, 1.165) is 6.07 Å². The minimum atomic E-state index is -2.59. The molecule has 1 rings (SSSR count). The minimum absolute atomic E-state index is 0.0203. The zero-order valence-corrected chi connectivity index (χ0v) is 8.74. The van der Waals surface area contributed by atoms with Crippen molar-refractivity contribution in [1.82, 2.24) is 4.98 Å². The van der Waals surface area contributed by atoms with Crippen molar-refractivity contribution < 1.29 is 8.78 Å². The largest absolute Gasteiger partial charge is 0.384 e. The molecular weight excluding hydrogens is 265 g/mol. The third-order valence-corrected chi connectivity index (χ3v) is 2.42. The number of hydrogen-bond acceptors (Lipinski definition) is 2. The Labute approximate surface area is 87.2 Å². The lowest BCUT2D eigenvalue weighted by atomic mass is 10.1. The fourth-order valence-corrected chi connectivity index (χ4v) is 1.92. The van der Waals surface area contributed by atoms with Gasteiger partial charge in [0, 0.05) is 11.1 Å². The van der Waals surface area contributed by atoms with E-state index in [1.807, 2.05) is 0 Å². The highest BCUT2D eigenvalue weighted by Crippen LogP contribution is 2.30. The molecule has 0 amide bonds. The molecule has 0 aliphatic heterocycles. The standard InChI is InChI=1S/C7H6BrClF2N2/c8-6-4(2-9)3(7(10)11)1-5(12)13-6/h1,7H,2H2,(H2,12,13). The lowest BCUT2D eigenvalue weighted by Crippen LogP contribution is -2.00. The van der Waals surface area contributed by atoms with Crippen molar-refractivity contribution in [2.75, 3.05) is 5.73 Å². The summed E-state index contributed by atoms with van der Waals surface area (Å²) >= 11 is 8.51. The molecule has 2 nitrogen and oxygen atoms in total. The van der Waals surface area contributed by atoms with Gasteiger partial charge in [0.2, 0.25) is 0 Å². The van der Waals surface area contributed by atoms with Gasteiger partial charge in [-0.2, -0.15) is 0 Å². The van der Waals surface area contributed by atoms with E-state index >= 15 is 0 Å². The fraction of sp³-hybridized carbons (Fsp3) is 0.286. The summed E-state index contributed by atoms with van der Waals surface area (Å²) in [5.41, 5.74) is 5.41. The number of alkyl halides is 3. The molecule has 72 valence electrons. The molecule has 0 aromatic carbocycles. The van der Waals surface area contributed by atoms with Crippen LogP contribution in [0.15, 0.2) is 10.7 Å². The third kappa shape index (κ3) is 2.28. The van der Waals surface area contributed by atoms with Crippen molar-refractivity contribution in [3.05, 3.63) is 21.8 Å². The maximum Gasteiger partial charge on any atom is 0.264 e. The summed E-state index contributed by atoms with van der Waals surface area (Å²) in [6.45, 7) is 0. The van der Waals surface area contributed by atoms with Crippen molar-refractivity contribution in [1.29, 1.82) is 0 Å². The van der Waals surface area contributed by atoms with Crippen molar-refractivity contribution in [3.63, 3.8) is 0 Å². The van der Waals surface area contributed by atoms with Crippen LogP contribution in [0.2, 0.25) is 0 Å². The summed E-state index contributed by atoms with van der Waals surface area (Å²) in [5.74, 6) is 0.0316. The Morgan fingerprint density at radius 3 is 2.69 bits per heavy atom. The number of aromatic nitrogens is 1. The smallest absolute Gasteiger partial charge is 0.264 e. The van der Waals surface area contributed by atoms with Crippen LogP contribution >= 0.6 is 27.5 Å². The molecule has 0 aliphatic rings. The van der Waals surface area contributed by atoms with Gasteiger partial charge in [-0.25, -0.2) is 13.8 Å². The Kier molecular flexibility index (Phi) is 3.44. The van der Waals surface area contributed by atoms with Crippen molar-refractivity contribution in [2.24, 2.45) is 0 Å². The summed E-state index contributed by atoms with van der Waals surface area (Å²) in [7, 11) is 0. The molecule has 2 N–H and O–H groups in total. The normalized spacial score (nSPS) is 10.8. The molecule has 0 spiro atoms. The second-order valence-electron chi connectivity index (χ2n) is 2.34. The van der Waals surface area contributed by atoms with Crippen molar-refractivity contribution in [3.8, 4) is 0 Å². The third-order valence-electron chi connectivity index (χ3n) is 1.50. The number of anilines is 1. The first kappa shape index (κ1) is 10.7. The van der Waals surface area contributed by atoms with Crippen LogP contribution in [0.5, 0.6) is 0 Å². The lowest BCUT2D eigenvalue weighted by molar-refractivity contribution is 0.150. The van der Waals surface area contributed by atoms with E-state index in [4.69, 9.17) is 17.3 Å². The van der Waals surface area contributed by atoms with Crippen LogP contribution in [0.3, 0.4) is 0 Å². The molecule has 0 unspecified atom stereocenters. The van der Waals surface area contributed by atoms with Crippen LogP contribution in [0, 0.1) is 0 Å². The van der Waals surface area contributed by atoms with Gasteiger partial charge < -0.3 is 5.73 Å². The summed E-state index contributed by atoms with van der Waals surface area (Å²) in [4.78, 5) is 3.76. The molecule has 0 fully saturated rings. The highest BCUT2D eigenvalue weighted by molar-refractivity contribution is 9.10. The van der Waals surface area contributed by atoms with Crippen molar-refractivity contribution >= 4 is 33.3 Å². The molecule has 0 bridgehead atoms. The van der Waals surface area contributed by atoms with Crippen LogP contribution < -0.4 is 5.73 Å². The Hall–Kier alpha value is -0.420. The predicted octanol–water partition coefficient (Wildman–Crippen LogP) is 3.10. The first-order chi connectivity index (χ1) is 6.06. The Morgan fingerprint density at radius 1 is 1.62 bits per heavy atom. The predicted molar refractivity (Wildman–Crippen MR) is 50.9 cm³/mol. The first-order valence-corrected chi connectivity index (χ1v) is 4.68. The van der Waals surface area contributed by atoms with Gasteiger partial charge >= 0.3 is 0 Å². The average molecular weight is 271 g/mol. The van der Waals surface area contributed by atoms with E-state index in [-0.39, 0.29) is 27.4 Å². The highest BCUT2D eigenvalue weighted by atomic mass is 79.9. The molecule has 0 saturated carbocycles. The molecule has 1 aromatic heterocycles. The topological polar surface area (TPSA) is 38.9 Å². The van der Waals surface area contributed by atoms with Gasteiger partial charge in [-0.15, -0.1) is 11.6 Å². The zero-order valence-electron chi connectivity index (χ0n) is 6.40. The van der Waals surface area contributed by atoms with E-state index in [1.54, 1.807) is 0 Å². The van der Waals surface area contributed by atoms with E-state index in [0.29, 0.717) is 0 Å². The van der Waals surface area contributed by atoms with Gasteiger partial charge in [-0.1, -0.05) is 0 Å². The second-order valence-corrected chi connectivity index (χ2v) is 3.36. The Morgan fingerprint density at radius 2 is 2.23 bits per heavy atom. The summed E-state index contributed by atoms with van der Waals surface area (Å²) in [5, 5.41) is 0. The maximum atomic E-state index is 12.4. The molecule has 0 radical (unpaired) electrons. The molecule has 0 atom stereocenters. The molecule has 13 heavy (non-hydrogen) atoms. The van der Waals surface area contributed by atoms with Crippen LogP contribution in [0.1, 0.15) is 17.6 Å². The zero-order chi connectivity index (χ0) is 10.0. The van der Waals surface area contributed by atoms with E-state index in [9.17, 15) is 8.78 Å². The molecule has 6 heteroatoms. The summed E-state index contributed by atoms with van der Waals surface area (Å²) < 4.78 is 25.1. The number of pyridine rings is 1. The van der Waals surface area contributed by atoms with Crippen molar-refractivity contribution in [2.45, 2.75) is 12.3 Å². The van der Waals surface area contributed by atoms with E-state index in [1.165, 1.54) is 0 Å². The number of nitrogens with zero attached hydrogens (tertiary/aromatic N) is 1. The monoisotopic (exact) mass is 270 g/mol. The van der Waals surface area contributed by atoms with Gasteiger partial charge in [0.1, 0.15) is 10.4 Å². The number of nitrogen functional groups attached to an aromatic ring is 1. The van der Waals surface area contributed by atoms with Gasteiger partial charge in [0.05, 0.1) is 5.88 Å². The van der Waals surface area contributed by atoms with Crippen LogP contribution in [-0.2, 0) is 5.88 Å². The molecule has 0 aliphatic carbocycles. The Balaban J connectivity index is 3.29. The minimum Gasteiger partial charge on any atom is -0.384 e. The maximum absolute atomic E-state index is 12.4. The van der Waals surface area contributed by atoms with Crippen LogP contribution in [-0.4, -0.2) is 4.98 Å². The van der Waals surface area contributed by atoms with E-state index < -0.39 is 6.43 Å². The molecule has 0 saturated heterocycles. The second kappa shape index (κ2) is 4.19. The summed E-state index contributed by atoms with van der Waals surface area (Å²) in [6.07, 6.45) is -2.59. The quantitative estimate of drug-likeness (QED) is 0.663. The van der Waals surface area contributed by atoms with E-state index in [2.05, 4.69) is 20.9 Å². The van der Waals surface area contributed by atoms with Crippen LogP contribution in [0.25, 0.3) is 0 Å². The molecule has 1 aromatic rings.